The zero-order valence-corrected chi connectivity index (χ0v) is 13.2. The molecule has 0 saturated heterocycles. The van der Waals surface area contributed by atoms with Gasteiger partial charge in [0, 0.05) is 11.0 Å². The van der Waals surface area contributed by atoms with Gasteiger partial charge in [-0.1, -0.05) is 40.2 Å². The lowest BCUT2D eigenvalue weighted by Gasteiger charge is -2.06. The number of benzene rings is 2. The van der Waals surface area contributed by atoms with Gasteiger partial charge in [0.25, 0.3) is 0 Å². The largest absolute Gasteiger partial charge is 0.356 e. The lowest BCUT2D eigenvalue weighted by molar-refractivity contribution is -0.120. The molecule has 0 heterocycles. The Morgan fingerprint density at radius 2 is 1.86 bits per heavy atom. The molecule has 0 aliphatic rings. The number of rotatable bonds is 6. The minimum atomic E-state index is -0.221. The number of carbonyl (C=O) groups excluding carboxylic acids is 1. The summed E-state index contributed by atoms with van der Waals surface area (Å²) < 4.78 is 13.7. The Morgan fingerprint density at radius 3 is 2.57 bits per heavy atom. The second kappa shape index (κ2) is 7.93. The van der Waals surface area contributed by atoms with E-state index in [1.807, 2.05) is 24.3 Å². The van der Waals surface area contributed by atoms with Crippen molar-refractivity contribution in [3.8, 4) is 0 Å². The van der Waals surface area contributed by atoms with Crippen molar-refractivity contribution >= 4 is 21.8 Å². The SMILES string of the molecule is O=C(Cc1cccc(Br)c1)NCCCc1ccc(F)cc1. The summed E-state index contributed by atoms with van der Waals surface area (Å²) in [7, 11) is 0. The van der Waals surface area contributed by atoms with Crippen molar-refractivity contribution in [3.63, 3.8) is 0 Å². The number of carbonyl (C=O) groups is 1. The molecule has 0 spiro atoms. The van der Waals surface area contributed by atoms with Crippen LogP contribution in [0.15, 0.2) is 53.0 Å². The fraction of sp³-hybridized carbons (Fsp3) is 0.235. The van der Waals surface area contributed by atoms with Crippen LogP contribution in [-0.2, 0) is 17.6 Å². The monoisotopic (exact) mass is 349 g/mol. The molecule has 110 valence electrons. The number of nitrogens with one attached hydrogen (secondary N) is 1. The van der Waals surface area contributed by atoms with Gasteiger partial charge < -0.3 is 5.32 Å². The van der Waals surface area contributed by atoms with Crippen LogP contribution >= 0.6 is 15.9 Å². The average molecular weight is 350 g/mol. The average Bonchev–Trinajstić information content (AvgIpc) is 2.45. The summed E-state index contributed by atoms with van der Waals surface area (Å²) in [6, 6.07) is 14.2. The lowest BCUT2D eigenvalue weighted by Crippen LogP contribution is -2.26. The van der Waals surface area contributed by atoms with E-state index in [1.165, 1.54) is 12.1 Å². The second-order valence-electron chi connectivity index (χ2n) is 4.89. The molecule has 0 aromatic heterocycles. The van der Waals surface area contributed by atoms with Crippen LogP contribution in [0, 0.1) is 5.82 Å². The molecule has 1 amide bonds. The number of aryl methyl sites for hydroxylation is 1. The van der Waals surface area contributed by atoms with Gasteiger partial charge in [-0.25, -0.2) is 4.39 Å². The minimum absolute atomic E-state index is 0.0206. The number of halogens is 2. The van der Waals surface area contributed by atoms with Gasteiger partial charge in [-0.3, -0.25) is 4.79 Å². The second-order valence-corrected chi connectivity index (χ2v) is 5.80. The van der Waals surface area contributed by atoms with E-state index in [0.29, 0.717) is 13.0 Å². The van der Waals surface area contributed by atoms with Crippen molar-refractivity contribution in [2.75, 3.05) is 6.54 Å². The molecule has 0 saturated carbocycles. The summed E-state index contributed by atoms with van der Waals surface area (Å²) in [4.78, 5) is 11.8. The summed E-state index contributed by atoms with van der Waals surface area (Å²) >= 11 is 3.39. The molecular weight excluding hydrogens is 333 g/mol. The van der Waals surface area contributed by atoms with E-state index < -0.39 is 0 Å². The van der Waals surface area contributed by atoms with Gasteiger partial charge in [0.1, 0.15) is 5.82 Å². The molecule has 0 aliphatic carbocycles. The van der Waals surface area contributed by atoms with Crippen LogP contribution in [-0.4, -0.2) is 12.5 Å². The number of amides is 1. The smallest absolute Gasteiger partial charge is 0.224 e. The van der Waals surface area contributed by atoms with Gasteiger partial charge in [0.15, 0.2) is 0 Å². The van der Waals surface area contributed by atoms with Crippen molar-refractivity contribution in [2.45, 2.75) is 19.3 Å². The normalized spacial score (nSPS) is 10.4. The Labute approximate surface area is 132 Å². The fourth-order valence-electron chi connectivity index (χ4n) is 2.07. The standard InChI is InChI=1S/C17H17BrFNO/c18-15-5-1-3-14(11-15)12-17(21)20-10-2-4-13-6-8-16(19)9-7-13/h1,3,5-9,11H,2,4,10,12H2,(H,20,21). The van der Waals surface area contributed by atoms with Gasteiger partial charge in [-0.15, -0.1) is 0 Å². The van der Waals surface area contributed by atoms with Crippen LogP contribution in [0.1, 0.15) is 17.5 Å². The number of hydrogen-bond acceptors (Lipinski definition) is 1. The third-order valence-electron chi connectivity index (χ3n) is 3.13. The number of hydrogen-bond donors (Lipinski definition) is 1. The Bertz CT molecular complexity index is 598. The van der Waals surface area contributed by atoms with Crippen LogP contribution in [0.25, 0.3) is 0 Å². The highest BCUT2D eigenvalue weighted by Gasteiger charge is 2.03. The lowest BCUT2D eigenvalue weighted by atomic mass is 10.1. The Balaban J connectivity index is 1.68. The Morgan fingerprint density at radius 1 is 1.10 bits per heavy atom. The predicted molar refractivity (Wildman–Crippen MR) is 85.6 cm³/mol. The van der Waals surface area contributed by atoms with E-state index in [9.17, 15) is 9.18 Å². The van der Waals surface area contributed by atoms with Crippen LogP contribution < -0.4 is 5.32 Å². The molecule has 1 N–H and O–H groups in total. The Kier molecular flexibility index (Phi) is 5.93. The first-order valence-corrected chi connectivity index (χ1v) is 7.68. The zero-order valence-electron chi connectivity index (χ0n) is 11.6. The third kappa shape index (κ3) is 5.68. The fourth-order valence-corrected chi connectivity index (χ4v) is 2.51. The van der Waals surface area contributed by atoms with Crippen molar-refractivity contribution in [1.82, 2.24) is 5.32 Å². The molecule has 2 aromatic rings. The summed E-state index contributed by atoms with van der Waals surface area (Å²) in [5.41, 5.74) is 2.07. The quantitative estimate of drug-likeness (QED) is 0.787. The van der Waals surface area contributed by atoms with Crippen LogP contribution in [0.4, 0.5) is 4.39 Å². The van der Waals surface area contributed by atoms with Gasteiger partial charge in [0.2, 0.25) is 5.91 Å². The summed E-state index contributed by atoms with van der Waals surface area (Å²) in [5, 5.41) is 2.90. The van der Waals surface area contributed by atoms with Crippen LogP contribution in [0.5, 0.6) is 0 Å². The van der Waals surface area contributed by atoms with Crippen molar-refractivity contribution in [1.29, 1.82) is 0 Å². The summed E-state index contributed by atoms with van der Waals surface area (Å²) in [6.07, 6.45) is 2.06. The van der Waals surface area contributed by atoms with Crippen LogP contribution in [0.2, 0.25) is 0 Å². The molecule has 2 aromatic carbocycles. The minimum Gasteiger partial charge on any atom is -0.356 e. The molecular formula is C17H17BrFNO. The molecule has 0 bridgehead atoms. The van der Waals surface area contributed by atoms with Crippen molar-refractivity contribution in [2.24, 2.45) is 0 Å². The molecule has 2 rings (SSSR count). The summed E-state index contributed by atoms with van der Waals surface area (Å²) in [6.45, 7) is 0.629. The molecule has 0 radical (unpaired) electrons. The van der Waals surface area contributed by atoms with Crippen LogP contribution in [0.3, 0.4) is 0 Å². The first-order chi connectivity index (χ1) is 10.1. The van der Waals surface area contributed by atoms with Gasteiger partial charge >= 0.3 is 0 Å². The first kappa shape index (κ1) is 15.7. The molecule has 0 unspecified atom stereocenters. The molecule has 2 nitrogen and oxygen atoms in total. The molecule has 0 atom stereocenters. The van der Waals surface area contributed by atoms with E-state index >= 15 is 0 Å². The summed E-state index contributed by atoms with van der Waals surface area (Å²) in [5.74, 6) is -0.201. The van der Waals surface area contributed by atoms with E-state index in [1.54, 1.807) is 12.1 Å². The van der Waals surface area contributed by atoms with E-state index in [0.717, 1.165) is 28.4 Å². The molecule has 0 fully saturated rings. The molecule has 4 heteroatoms. The highest BCUT2D eigenvalue weighted by molar-refractivity contribution is 9.10. The first-order valence-electron chi connectivity index (χ1n) is 6.89. The Hall–Kier alpha value is -1.68. The maximum Gasteiger partial charge on any atom is 0.224 e. The third-order valence-corrected chi connectivity index (χ3v) is 3.62. The van der Waals surface area contributed by atoms with E-state index in [-0.39, 0.29) is 11.7 Å². The molecule has 0 aliphatic heterocycles. The van der Waals surface area contributed by atoms with Gasteiger partial charge in [-0.2, -0.15) is 0 Å². The van der Waals surface area contributed by atoms with Crippen molar-refractivity contribution in [3.05, 3.63) is 69.9 Å². The maximum absolute atomic E-state index is 12.8. The highest BCUT2D eigenvalue weighted by atomic mass is 79.9. The predicted octanol–water partition coefficient (Wildman–Crippen LogP) is 3.88. The van der Waals surface area contributed by atoms with E-state index in [2.05, 4.69) is 21.2 Å². The highest BCUT2D eigenvalue weighted by Crippen LogP contribution is 2.12. The van der Waals surface area contributed by atoms with Gasteiger partial charge in [-0.05, 0) is 48.2 Å². The van der Waals surface area contributed by atoms with Crippen molar-refractivity contribution < 1.29 is 9.18 Å². The van der Waals surface area contributed by atoms with Gasteiger partial charge in [0.05, 0.1) is 6.42 Å². The zero-order chi connectivity index (χ0) is 15.1. The van der Waals surface area contributed by atoms with E-state index in [4.69, 9.17) is 0 Å². The maximum atomic E-state index is 12.8. The molecule has 21 heavy (non-hydrogen) atoms. The topological polar surface area (TPSA) is 29.1 Å².